The number of hydrogen-bond acceptors (Lipinski definition) is 2. The van der Waals surface area contributed by atoms with Gasteiger partial charge in [0.2, 0.25) is 0 Å². The van der Waals surface area contributed by atoms with Crippen molar-refractivity contribution in [3.05, 3.63) is 29.8 Å². The number of nitrogens with one attached hydrogen (secondary N) is 1. The minimum Gasteiger partial charge on any atom is -0.405 e. The molecule has 0 amide bonds. The third-order valence-electron chi connectivity index (χ3n) is 2.64. The van der Waals surface area contributed by atoms with Gasteiger partial charge >= 0.3 is 6.36 Å². The van der Waals surface area contributed by atoms with Gasteiger partial charge in [0.05, 0.1) is 0 Å². The molecule has 0 radical (unpaired) electrons. The summed E-state index contributed by atoms with van der Waals surface area (Å²) in [6.45, 7) is 1.54. The highest BCUT2D eigenvalue weighted by atomic mass is 19.4. The normalized spacial score (nSPS) is 21.1. The van der Waals surface area contributed by atoms with Crippen molar-refractivity contribution in [1.82, 2.24) is 5.32 Å². The predicted octanol–water partition coefficient (Wildman–Crippen LogP) is 2.66. The lowest BCUT2D eigenvalue weighted by molar-refractivity contribution is -0.274. The quantitative estimate of drug-likeness (QED) is 0.844. The Bertz CT molecular complexity index is 358. The summed E-state index contributed by atoms with van der Waals surface area (Å²) in [5.74, 6) is 0.0299. The fraction of sp³-hybridized carbons (Fsp3) is 0.455. The van der Waals surface area contributed by atoms with E-state index in [0.717, 1.165) is 13.0 Å². The molecular formula is C11H12F3NO. The molecule has 88 valence electrons. The van der Waals surface area contributed by atoms with Crippen molar-refractivity contribution < 1.29 is 17.9 Å². The Labute approximate surface area is 91.4 Å². The van der Waals surface area contributed by atoms with E-state index in [1.807, 2.05) is 0 Å². The van der Waals surface area contributed by atoms with Crippen molar-refractivity contribution in [3.63, 3.8) is 0 Å². The van der Waals surface area contributed by atoms with Crippen LogP contribution in [0.5, 0.6) is 5.75 Å². The zero-order valence-corrected chi connectivity index (χ0v) is 8.55. The summed E-state index contributed by atoms with van der Waals surface area (Å²) in [5, 5.41) is 3.12. The van der Waals surface area contributed by atoms with Gasteiger partial charge in [0.25, 0.3) is 0 Å². The molecule has 1 atom stereocenters. The van der Waals surface area contributed by atoms with Gasteiger partial charge in [0.1, 0.15) is 5.75 Å². The molecule has 0 aromatic heterocycles. The van der Waals surface area contributed by atoms with E-state index in [1.54, 1.807) is 18.2 Å². The first-order valence-electron chi connectivity index (χ1n) is 5.11. The standard InChI is InChI=1S/C11H12F3NO/c12-11(13,14)16-10-4-2-1-3-9(10)8-5-6-15-7-8/h1-4,8,15H,5-7H2/t8-/m1/s1. The Morgan fingerprint density at radius 2 is 2.00 bits per heavy atom. The van der Waals surface area contributed by atoms with Gasteiger partial charge in [0, 0.05) is 12.5 Å². The Hall–Kier alpha value is -1.23. The molecule has 0 spiro atoms. The fourth-order valence-electron chi connectivity index (χ4n) is 1.96. The number of para-hydroxylation sites is 1. The molecule has 1 heterocycles. The summed E-state index contributed by atoms with van der Waals surface area (Å²) in [7, 11) is 0. The number of rotatable bonds is 2. The maximum absolute atomic E-state index is 12.2. The molecule has 1 aromatic carbocycles. The summed E-state index contributed by atoms with van der Waals surface area (Å²) in [4.78, 5) is 0. The highest BCUT2D eigenvalue weighted by molar-refractivity contribution is 5.37. The summed E-state index contributed by atoms with van der Waals surface area (Å²) in [6, 6.07) is 6.34. The lowest BCUT2D eigenvalue weighted by atomic mass is 9.97. The second-order valence-electron chi connectivity index (χ2n) is 3.78. The van der Waals surface area contributed by atoms with Crippen molar-refractivity contribution in [2.24, 2.45) is 0 Å². The molecule has 2 nitrogen and oxygen atoms in total. The van der Waals surface area contributed by atoms with Crippen molar-refractivity contribution in [1.29, 1.82) is 0 Å². The first-order valence-corrected chi connectivity index (χ1v) is 5.11. The molecule has 1 N–H and O–H groups in total. The van der Waals surface area contributed by atoms with E-state index in [0.29, 0.717) is 12.1 Å². The Balaban J connectivity index is 2.23. The molecule has 1 aliphatic rings. The van der Waals surface area contributed by atoms with Crippen LogP contribution in [0.15, 0.2) is 24.3 Å². The number of ether oxygens (including phenoxy) is 1. The van der Waals surface area contributed by atoms with Gasteiger partial charge in [-0.25, -0.2) is 0 Å². The van der Waals surface area contributed by atoms with Gasteiger partial charge in [-0.1, -0.05) is 18.2 Å². The van der Waals surface area contributed by atoms with Crippen LogP contribution in [-0.4, -0.2) is 19.5 Å². The van der Waals surface area contributed by atoms with Crippen LogP contribution in [0.2, 0.25) is 0 Å². The molecule has 1 saturated heterocycles. The van der Waals surface area contributed by atoms with Crippen molar-refractivity contribution in [2.75, 3.05) is 13.1 Å². The molecule has 1 aromatic rings. The molecule has 0 aliphatic carbocycles. The first kappa shape index (κ1) is 11.3. The summed E-state index contributed by atoms with van der Waals surface area (Å²) >= 11 is 0. The topological polar surface area (TPSA) is 21.3 Å². The third-order valence-corrected chi connectivity index (χ3v) is 2.64. The first-order chi connectivity index (χ1) is 7.56. The Kier molecular flexibility index (Phi) is 3.05. The van der Waals surface area contributed by atoms with Crippen molar-refractivity contribution in [2.45, 2.75) is 18.7 Å². The number of benzene rings is 1. The van der Waals surface area contributed by atoms with E-state index in [1.165, 1.54) is 6.07 Å². The van der Waals surface area contributed by atoms with Crippen molar-refractivity contribution in [3.8, 4) is 5.75 Å². The average Bonchev–Trinajstić information content (AvgIpc) is 2.69. The molecule has 5 heteroatoms. The fourth-order valence-corrected chi connectivity index (χ4v) is 1.96. The SMILES string of the molecule is FC(F)(F)Oc1ccccc1[C@@H]1CCNC1. The summed E-state index contributed by atoms with van der Waals surface area (Å²) in [6.07, 6.45) is -3.78. The van der Waals surface area contributed by atoms with E-state index in [9.17, 15) is 13.2 Å². The highest BCUT2D eigenvalue weighted by Crippen LogP contribution is 2.33. The zero-order valence-electron chi connectivity index (χ0n) is 8.55. The molecule has 16 heavy (non-hydrogen) atoms. The summed E-state index contributed by atoms with van der Waals surface area (Å²) in [5.41, 5.74) is 0.629. The third kappa shape index (κ3) is 2.66. The van der Waals surface area contributed by atoms with Gasteiger partial charge in [-0.15, -0.1) is 13.2 Å². The number of hydrogen-bond donors (Lipinski definition) is 1. The van der Waals surface area contributed by atoms with Gasteiger partial charge in [0.15, 0.2) is 0 Å². The second kappa shape index (κ2) is 4.33. The van der Waals surface area contributed by atoms with Crippen LogP contribution >= 0.6 is 0 Å². The van der Waals surface area contributed by atoms with Crippen molar-refractivity contribution >= 4 is 0 Å². The van der Waals surface area contributed by atoms with E-state index in [2.05, 4.69) is 10.1 Å². The Morgan fingerprint density at radius 1 is 1.25 bits per heavy atom. The van der Waals surface area contributed by atoms with Crippen LogP contribution < -0.4 is 10.1 Å². The van der Waals surface area contributed by atoms with E-state index < -0.39 is 6.36 Å². The monoisotopic (exact) mass is 231 g/mol. The van der Waals surface area contributed by atoms with Gasteiger partial charge in [-0.2, -0.15) is 0 Å². The van der Waals surface area contributed by atoms with Gasteiger partial charge < -0.3 is 10.1 Å². The molecule has 2 rings (SSSR count). The number of alkyl halides is 3. The minimum absolute atomic E-state index is 0.0799. The molecule has 0 unspecified atom stereocenters. The lowest BCUT2D eigenvalue weighted by Crippen LogP contribution is -2.19. The smallest absolute Gasteiger partial charge is 0.405 e. The number of halogens is 3. The van der Waals surface area contributed by atoms with E-state index >= 15 is 0 Å². The van der Waals surface area contributed by atoms with Crippen LogP contribution in [0.4, 0.5) is 13.2 Å². The maximum atomic E-state index is 12.2. The van der Waals surface area contributed by atoms with Gasteiger partial charge in [-0.3, -0.25) is 0 Å². The van der Waals surface area contributed by atoms with E-state index in [4.69, 9.17) is 0 Å². The maximum Gasteiger partial charge on any atom is 0.573 e. The molecule has 0 bridgehead atoms. The Morgan fingerprint density at radius 3 is 2.62 bits per heavy atom. The minimum atomic E-state index is -4.62. The van der Waals surface area contributed by atoms with Gasteiger partial charge in [-0.05, 0) is 24.6 Å². The van der Waals surface area contributed by atoms with E-state index in [-0.39, 0.29) is 11.7 Å². The van der Waals surface area contributed by atoms with Crippen LogP contribution in [0.1, 0.15) is 17.9 Å². The lowest BCUT2D eigenvalue weighted by Gasteiger charge is -2.16. The largest absolute Gasteiger partial charge is 0.573 e. The summed E-state index contributed by atoms with van der Waals surface area (Å²) < 4.78 is 40.5. The van der Waals surface area contributed by atoms with Crippen LogP contribution in [0, 0.1) is 0 Å². The molecule has 1 fully saturated rings. The van der Waals surface area contributed by atoms with Crippen LogP contribution in [0.3, 0.4) is 0 Å². The molecule has 0 saturated carbocycles. The molecular weight excluding hydrogens is 219 g/mol. The molecule has 1 aliphatic heterocycles. The highest BCUT2D eigenvalue weighted by Gasteiger charge is 2.33. The predicted molar refractivity (Wildman–Crippen MR) is 53.4 cm³/mol. The zero-order chi connectivity index (χ0) is 11.6. The average molecular weight is 231 g/mol. The second-order valence-corrected chi connectivity index (χ2v) is 3.78. The van der Waals surface area contributed by atoms with Crippen LogP contribution in [-0.2, 0) is 0 Å². The van der Waals surface area contributed by atoms with Crippen LogP contribution in [0.25, 0.3) is 0 Å².